The van der Waals surface area contributed by atoms with Crippen LogP contribution in [0.2, 0.25) is 0 Å². The number of likely N-dealkylation sites (N-methyl/N-ethyl adjacent to an activating group) is 2. The molecular formula is C40H61N5O10. The van der Waals surface area contributed by atoms with E-state index in [1.165, 1.54) is 21.0 Å². The molecule has 0 bridgehead atoms. The van der Waals surface area contributed by atoms with Crippen molar-refractivity contribution in [2.24, 2.45) is 23.5 Å². The fourth-order valence-corrected chi connectivity index (χ4v) is 5.50. The second-order valence-corrected chi connectivity index (χ2v) is 14.1. The van der Waals surface area contributed by atoms with Gasteiger partial charge in [0.25, 0.3) is 11.8 Å². The number of rotatable bonds is 23. The lowest BCUT2D eigenvalue weighted by Gasteiger charge is -2.36. The van der Waals surface area contributed by atoms with Gasteiger partial charge in [-0.3, -0.25) is 24.0 Å². The number of aliphatic hydroxyl groups is 1. The van der Waals surface area contributed by atoms with Gasteiger partial charge in [-0.2, -0.15) is 0 Å². The molecule has 0 fully saturated rings. The molecule has 0 saturated carbocycles. The van der Waals surface area contributed by atoms with Gasteiger partial charge in [0.15, 0.2) is 12.2 Å². The number of amides is 4. The van der Waals surface area contributed by atoms with Crippen molar-refractivity contribution in [3.05, 3.63) is 71.8 Å². The maximum absolute atomic E-state index is 14.3. The maximum Gasteiger partial charge on any atom is 0.325 e. The molecule has 2 rings (SSSR count). The summed E-state index contributed by atoms with van der Waals surface area (Å²) in [6.45, 7) is 11.6. The number of aliphatic hydroxyl groups excluding tert-OH is 1. The number of nitrogens with two attached hydrogens (primary N) is 1. The third-order valence-corrected chi connectivity index (χ3v) is 9.15. The van der Waals surface area contributed by atoms with Gasteiger partial charge in [-0.1, -0.05) is 109 Å². The third kappa shape index (κ3) is 14.6. The molecule has 306 valence electrons. The predicted octanol–water partition coefficient (Wildman–Crippen LogP) is 1.94. The third-order valence-electron chi connectivity index (χ3n) is 9.15. The van der Waals surface area contributed by atoms with Crippen LogP contribution in [-0.4, -0.2) is 97.6 Å². The average Bonchev–Trinajstić information content (AvgIpc) is 3.17. The Balaban J connectivity index is 2.73. The molecule has 0 aliphatic rings. The van der Waals surface area contributed by atoms with Gasteiger partial charge in [0, 0.05) is 14.1 Å². The zero-order valence-corrected chi connectivity index (χ0v) is 33.4. The molecule has 1 unspecified atom stereocenters. The van der Waals surface area contributed by atoms with Crippen LogP contribution in [0.4, 0.5) is 0 Å². The molecule has 55 heavy (non-hydrogen) atoms. The van der Waals surface area contributed by atoms with Crippen molar-refractivity contribution in [3.63, 3.8) is 0 Å². The van der Waals surface area contributed by atoms with Crippen LogP contribution in [0.25, 0.3) is 0 Å². The lowest BCUT2D eigenvalue weighted by atomic mass is 9.97. The molecule has 15 nitrogen and oxygen atoms in total. The monoisotopic (exact) mass is 771 g/mol. The average molecular weight is 772 g/mol. The second-order valence-electron chi connectivity index (χ2n) is 14.1. The van der Waals surface area contributed by atoms with E-state index in [1.807, 2.05) is 6.92 Å². The Labute approximate surface area is 324 Å². The minimum absolute atomic E-state index is 0.168. The first-order chi connectivity index (χ1) is 26.1. The van der Waals surface area contributed by atoms with E-state index >= 15 is 0 Å². The molecule has 0 aliphatic heterocycles. The van der Waals surface area contributed by atoms with E-state index in [-0.39, 0.29) is 31.0 Å². The number of benzene rings is 2. The standard InChI is InChI=1S/C40H61N5O10/c1-10-25(6)29(41)40(51)55-26(7)54-33(35(53-22-28-19-15-12-16-20-28)39(50)45-31(24(4)5)37(48)43-9)32(46)34(52-21-27-17-13-11-14-18-27)38(49)44-30(23(2)3)36(47)42-8/h11-20,23-26,29-35,46H,10,21-22,41H2,1-9H3,(H,42,47)(H,43,48)(H,44,49)(H,45,50)/t25-,26?,29-,30-,31-,32+,33+,34+,35+/m0/s1. The van der Waals surface area contributed by atoms with E-state index in [4.69, 9.17) is 24.7 Å². The highest BCUT2D eigenvalue weighted by atomic mass is 16.7. The molecule has 0 spiro atoms. The number of hydrogen-bond acceptors (Lipinski definition) is 11. The summed E-state index contributed by atoms with van der Waals surface area (Å²) in [6.07, 6.45) is -8.15. The van der Waals surface area contributed by atoms with Gasteiger partial charge >= 0.3 is 5.97 Å². The van der Waals surface area contributed by atoms with E-state index in [0.717, 1.165) is 0 Å². The number of hydrogen-bond donors (Lipinski definition) is 6. The largest absolute Gasteiger partial charge is 0.435 e. The number of nitrogens with one attached hydrogen (secondary N) is 4. The zero-order chi connectivity index (χ0) is 41.2. The summed E-state index contributed by atoms with van der Waals surface area (Å²) in [5, 5.41) is 22.7. The first-order valence-electron chi connectivity index (χ1n) is 18.7. The minimum Gasteiger partial charge on any atom is -0.435 e. The quantitative estimate of drug-likeness (QED) is 0.0709. The summed E-state index contributed by atoms with van der Waals surface area (Å²) in [6, 6.07) is 14.6. The van der Waals surface area contributed by atoms with Gasteiger partial charge in [-0.15, -0.1) is 0 Å². The van der Waals surface area contributed by atoms with Crippen LogP contribution in [0.3, 0.4) is 0 Å². The van der Waals surface area contributed by atoms with Crippen LogP contribution in [0.1, 0.15) is 66.0 Å². The van der Waals surface area contributed by atoms with Crippen molar-refractivity contribution < 1.29 is 48.0 Å². The van der Waals surface area contributed by atoms with E-state index in [0.29, 0.717) is 17.5 Å². The normalized spacial score (nSPS) is 16.4. The van der Waals surface area contributed by atoms with E-state index in [2.05, 4.69) is 21.3 Å². The molecule has 0 aliphatic carbocycles. The van der Waals surface area contributed by atoms with Crippen LogP contribution in [0.5, 0.6) is 0 Å². The Kier molecular flexibility index (Phi) is 20.0. The van der Waals surface area contributed by atoms with Crippen molar-refractivity contribution >= 4 is 29.6 Å². The Hall–Kier alpha value is -4.41. The van der Waals surface area contributed by atoms with E-state index in [1.54, 1.807) is 95.3 Å². The molecule has 0 aromatic heterocycles. The van der Waals surface area contributed by atoms with Gasteiger partial charge in [-0.25, -0.2) is 0 Å². The Morgan fingerprint density at radius 2 is 1.09 bits per heavy atom. The van der Waals surface area contributed by atoms with Crippen molar-refractivity contribution in [3.8, 4) is 0 Å². The lowest BCUT2D eigenvalue weighted by molar-refractivity contribution is -0.229. The molecule has 7 N–H and O–H groups in total. The van der Waals surface area contributed by atoms with E-state index in [9.17, 15) is 29.1 Å². The highest BCUT2D eigenvalue weighted by molar-refractivity contribution is 5.91. The van der Waals surface area contributed by atoms with Crippen molar-refractivity contribution in [1.29, 1.82) is 0 Å². The van der Waals surface area contributed by atoms with Gasteiger partial charge in [-0.05, 0) is 35.8 Å². The highest BCUT2D eigenvalue weighted by Crippen LogP contribution is 2.22. The van der Waals surface area contributed by atoms with Gasteiger partial charge in [0.1, 0.15) is 30.3 Å². The summed E-state index contributed by atoms with van der Waals surface area (Å²) in [5.74, 6) is -4.51. The molecule has 0 heterocycles. The van der Waals surface area contributed by atoms with Crippen molar-refractivity contribution in [1.82, 2.24) is 21.3 Å². The number of ether oxygens (including phenoxy) is 4. The van der Waals surface area contributed by atoms with Crippen LogP contribution >= 0.6 is 0 Å². The van der Waals surface area contributed by atoms with E-state index < -0.39 is 78.4 Å². The molecular weight excluding hydrogens is 710 g/mol. The molecule has 15 heteroatoms. The fraction of sp³-hybridized carbons (Fsp3) is 0.575. The topological polar surface area (TPSA) is 217 Å². The van der Waals surface area contributed by atoms with Crippen LogP contribution in [0.15, 0.2) is 60.7 Å². The zero-order valence-electron chi connectivity index (χ0n) is 33.4. The second kappa shape index (κ2) is 23.5. The van der Waals surface area contributed by atoms with Crippen LogP contribution < -0.4 is 27.0 Å². The summed E-state index contributed by atoms with van der Waals surface area (Å²) < 4.78 is 24.0. The lowest BCUT2D eigenvalue weighted by Crippen LogP contribution is -2.61. The fourth-order valence-electron chi connectivity index (χ4n) is 5.50. The molecule has 2 aromatic carbocycles. The molecule has 0 radical (unpaired) electrons. The van der Waals surface area contributed by atoms with Gasteiger partial charge in [0.05, 0.1) is 13.2 Å². The Morgan fingerprint density at radius 1 is 0.673 bits per heavy atom. The first kappa shape index (κ1) is 46.7. The Morgan fingerprint density at radius 3 is 1.49 bits per heavy atom. The minimum atomic E-state index is -2.00. The Bertz CT molecular complexity index is 1500. The summed E-state index contributed by atoms with van der Waals surface area (Å²) in [4.78, 5) is 67.2. The molecule has 4 amide bonds. The number of carbonyl (C=O) groups excluding carboxylic acids is 5. The van der Waals surface area contributed by atoms with Crippen molar-refractivity contribution in [2.45, 2.75) is 117 Å². The SMILES string of the molecule is CC[C@H](C)[C@H](N)C(=O)OC(C)O[C@H]([C@@H](O)[C@@H](OCc1ccccc1)C(=O)N[C@H](C(=O)NC)C(C)C)[C@@H](OCc1ccccc1)C(=O)N[C@H](C(=O)NC)C(C)C. The van der Waals surface area contributed by atoms with Crippen LogP contribution in [-0.2, 0) is 56.1 Å². The summed E-state index contributed by atoms with van der Waals surface area (Å²) >= 11 is 0. The highest BCUT2D eigenvalue weighted by Gasteiger charge is 2.45. The van der Waals surface area contributed by atoms with Gasteiger partial charge in [0.2, 0.25) is 18.1 Å². The molecule has 0 saturated heterocycles. The molecule has 9 atom stereocenters. The smallest absolute Gasteiger partial charge is 0.325 e. The molecule has 2 aromatic rings. The van der Waals surface area contributed by atoms with Gasteiger partial charge < -0.3 is 51.1 Å². The van der Waals surface area contributed by atoms with Crippen LogP contribution in [0, 0.1) is 17.8 Å². The first-order valence-corrected chi connectivity index (χ1v) is 18.7. The predicted molar refractivity (Wildman–Crippen MR) is 206 cm³/mol. The maximum atomic E-state index is 14.3. The number of carbonyl (C=O) groups is 5. The summed E-state index contributed by atoms with van der Waals surface area (Å²) in [7, 11) is 2.86. The summed E-state index contributed by atoms with van der Waals surface area (Å²) in [5.41, 5.74) is 7.44. The van der Waals surface area contributed by atoms with Crippen molar-refractivity contribution in [2.75, 3.05) is 14.1 Å². The number of esters is 1.